The summed E-state index contributed by atoms with van der Waals surface area (Å²) in [5, 5.41) is 0. The molecule has 0 spiro atoms. The summed E-state index contributed by atoms with van der Waals surface area (Å²) in [6.07, 6.45) is 0. The van der Waals surface area contributed by atoms with Gasteiger partial charge in [0.15, 0.2) is 4.90 Å². The van der Waals surface area contributed by atoms with E-state index in [0.717, 1.165) is 33.9 Å². The van der Waals surface area contributed by atoms with Crippen LogP contribution in [0.25, 0.3) is 0 Å². The molecule has 3 rings (SSSR count). The Hall–Kier alpha value is -2.19. The number of piperazine rings is 1. The first-order valence-electron chi connectivity index (χ1n) is 7.76. The Morgan fingerprint density at radius 2 is 1.48 bits per heavy atom. The van der Waals surface area contributed by atoms with E-state index in [9.17, 15) is 17.2 Å². The number of nitrogens with zero attached hydrogens (tertiary/aromatic N) is 2. The summed E-state index contributed by atoms with van der Waals surface area (Å²) >= 11 is 0. The highest BCUT2D eigenvalue weighted by Crippen LogP contribution is 2.25. The van der Waals surface area contributed by atoms with E-state index in [4.69, 9.17) is 4.74 Å². The van der Waals surface area contributed by atoms with E-state index < -0.39 is 26.6 Å². The fourth-order valence-corrected chi connectivity index (χ4v) is 4.37. The molecule has 2 aromatic rings. The van der Waals surface area contributed by atoms with Crippen molar-refractivity contribution < 1.29 is 21.9 Å². The van der Waals surface area contributed by atoms with Crippen LogP contribution in [0.4, 0.5) is 14.5 Å². The van der Waals surface area contributed by atoms with E-state index in [2.05, 4.69) is 0 Å². The van der Waals surface area contributed by atoms with Gasteiger partial charge in [-0.1, -0.05) is 6.07 Å². The first-order chi connectivity index (χ1) is 11.9. The minimum absolute atomic E-state index is 0.155. The van der Waals surface area contributed by atoms with Crippen LogP contribution in [0.5, 0.6) is 5.75 Å². The molecule has 0 atom stereocenters. The molecular weight excluding hydrogens is 350 g/mol. The number of benzene rings is 2. The van der Waals surface area contributed by atoms with Crippen LogP contribution < -0.4 is 9.64 Å². The fraction of sp³-hybridized carbons (Fsp3) is 0.294. The second kappa shape index (κ2) is 6.97. The summed E-state index contributed by atoms with van der Waals surface area (Å²) in [7, 11) is -2.62. The van der Waals surface area contributed by atoms with Crippen molar-refractivity contribution in [2.45, 2.75) is 4.90 Å². The normalized spacial score (nSPS) is 16.0. The topological polar surface area (TPSA) is 49.9 Å². The molecule has 0 aliphatic carbocycles. The van der Waals surface area contributed by atoms with Crippen molar-refractivity contribution in [3.8, 4) is 5.75 Å². The molecule has 0 aromatic heterocycles. The molecule has 1 heterocycles. The van der Waals surface area contributed by atoms with Crippen LogP contribution in [0, 0.1) is 11.6 Å². The predicted octanol–water partition coefficient (Wildman–Crippen LogP) is 2.48. The van der Waals surface area contributed by atoms with Gasteiger partial charge in [-0.2, -0.15) is 4.31 Å². The Bertz CT molecular complexity index is 828. The molecule has 0 amide bonds. The largest absolute Gasteiger partial charge is 0.497 e. The molecule has 0 bridgehead atoms. The Morgan fingerprint density at radius 3 is 2.00 bits per heavy atom. The first-order valence-corrected chi connectivity index (χ1v) is 9.20. The van der Waals surface area contributed by atoms with Crippen molar-refractivity contribution >= 4 is 15.7 Å². The van der Waals surface area contributed by atoms with Crippen molar-refractivity contribution in [3.63, 3.8) is 0 Å². The maximum Gasteiger partial charge on any atom is 0.249 e. The highest BCUT2D eigenvalue weighted by Gasteiger charge is 2.33. The summed E-state index contributed by atoms with van der Waals surface area (Å²) in [4.78, 5) is 1.14. The van der Waals surface area contributed by atoms with Gasteiger partial charge in [-0.05, 0) is 36.4 Å². The maximum atomic E-state index is 13.8. The standard InChI is InChI=1S/C17H18F2N2O3S/c1-24-14-7-5-13(6-8-14)20-9-11-21(12-10-20)25(22,23)17-15(18)3-2-4-16(17)19/h2-8H,9-12H2,1H3. The zero-order chi connectivity index (χ0) is 18.0. The highest BCUT2D eigenvalue weighted by molar-refractivity contribution is 7.89. The number of halogens is 2. The molecule has 0 unspecified atom stereocenters. The Morgan fingerprint density at radius 1 is 0.920 bits per heavy atom. The van der Waals surface area contributed by atoms with Crippen molar-refractivity contribution in [3.05, 3.63) is 54.1 Å². The molecule has 1 fully saturated rings. The van der Waals surface area contributed by atoms with Gasteiger partial charge in [0.25, 0.3) is 0 Å². The number of sulfonamides is 1. The SMILES string of the molecule is COc1ccc(N2CCN(S(=O)(=O)c3c(F)cccc3F)CC2)cc1. The number of anilines is 1. The minimum atomic E-state index is -4.20. The number of rotatable bonds is 4. The van der Waals surface area contributed by atoms with E-state index in [1.807, 2.05) is 29.2 Å². The third-order valence-corrected chi connectivity index (χ3v) is 6.14. The molecule has 0 saturated carbocycles. The second-order valence-corrected chi connectivity index (χ2v) is 7.51. The smallest absolute Gasteiger partial charge is 0.249 e. The first kappa shape index (κ1) is 17.6. The Kier molecular flexibility index (Phi) is 4.91. The van der Waals surface area contributed by atoms with Crippen LogP contribution in [0.1, 0.15) is 0 Å². The molecule has 1 aliphatic heterocycles. The average molecular weight is 368 g/mol. The van der Waals surface area contributed by atoms with Gasteiger partial charge in [-0.25, -0.2) is 17.2 Å². The van der Waals surface area contributed by atoms with Gasteiger partial charge in [-0.3, -0.25) is 0 Å². The number of hydrogen-bond acceptors (Lipinski definition) is 4. The van der Waals surface area contributed by atoms with Crippen LogP contribution >= 0.6 is 0 Å². The summed E-state index contributed by atoms with van der Waals surface area (Å²) in [6.45, 7) is 1.17. The van der Waals surface area contributed by atoms with Gasteiger partial charge >= 0.3 is 0 Å². The predicted molar refractivity (Wildman–Crippen MR) is 90.3 cm³/mol. The lowest BCUT2D eigenvalue weighted by molar-refractivity contribution is 0.378. The number of ether oxygens (including phenoxy) is 1. The second-order valence-electron chi connectivity index (χ2n) is 5.64. The Balaban J connectivity index is 1.75. The monoisotopic (exact) mass is 368 g/mol. The molecular formula is C17H18F2N2O3S. The summed E-state index contributed by atoms with van der Waals surface area (Å²) in [5.74, 6) is -1.41. The van der Waals surface area contributed by atoms with Crippen LogP contribution in [-0.4, -0.2) is 46.0 Å². The van der Waals surface area contributed by atoms with Crippen LogP contribution in [0.3, 0.4) is 0 Å². The zero-order valence-corrected chi connectivity index (χ0v) is 14.5. The molecule has 5 nitrogen and oxygen atoms in total. The summed E-state index contributed by atoms with van der Waals surface area (Å²) in [5.41, 5.74) is 0.940. The van der Waals surface area contributed by atoms with Gasteiger partial charge in [0.2, 0.25) is 10.0 Å². The molecule has 0 N–H and O–H groups in total. The summed E-state index contributed by atoms with van der Waals surface area (Å²) < 4.78 is 59.1. The molecule has 1 aliphatic rings. The summed E-state index contributed by atoms with van der Waals surface area (Å²) in [6, 6.07) is 10.5. The van der Waals surface area contributed by atoms with Gasteiger partial charge in [-0.15, -0.1) is 0 Å². The number of methoxy groups -OCH3 is 1. The molecule has 2 aromatic carbocycles. The van der Waals surface area contributed by atoms with Crippen LogP contribution in [0.2, 0.25) is 0 Å². The van der Waals surface area contributed by atoms with E-state index in [1.165, 1.54) is 0 Å². The number of hydrogen-bond donors (Lipinski definition) is 0. The highest BCUT2D eigenvalue weighted by atomic mass is 32.2. The van der Waals surface area contributed by atoms with Crippen molar-refractivity contribution in [2.75, 3.05) is 38.2 Å². The quantitative estimate of drug-likeness (QED) is 0.832. The lowest BCUT2D eigenvalue weighted by Crippen LogP contribution is -2.49. The minimum Gasteiger partial charge on any atom is -0.497 e. The molecule has 0 radical (unpaired) electrons. The Labute approximate surface area is 145 Å². The third kappa shape index (κ3) is 3.45. The molecule has 25 heavy (non-hydrogen) atoms. The van der Waals surface area contributed by atoms with Gasteiger partial charge in [0.1, 0.15) is 17.4 Å². The fourth-order valence-electron chi connectivity index (χ4n) is 2.84. The lowest BCUT2D eigenvalue weighted by Gasteiger charge is -2.35. The molecule has 1 saturated heterocycles. The van der Waals surface area contributed by atoms with Crippen molar-refractivity contribution in [1.29, 1.82) is 0 Å². The zero-order valence-electron chi connectivity index (χ0n) is 13.7. The van der Waals surface area contributed by atoms with Gasteiger partial charge < -0.3 is 9.64 Å². The van der Waals surface area contributed by atoms with Crippen LogP contribution in [0.15, 0.2) is 47.4 Å². The average Bonchev–Trinajstić information content (AvgIpc) is 2.61. The van der Waals surface area contributed by atoms with E-state index >= 15 is 0 Å². The molecule has 134 valence electrons. The van der Waals surface area contributed by atoms with Crippen molar-refractivity contribution in [1.82, 2.24) is 4.31 Å². The lowest BCUT2D eigenvalue weighted by atomic mass is 10.2. The van der Waals surface area contributed by atoms with E-state index in [0.29, 0.717) is 13.1 Å². The van der Waals surface area contributed by atoms with Crippen molar-refractivity contribution in [2.24, 2.45) is 0 Å². The van der Waals surface area contributed by atoms with Gasteiger partial charge in [0, 0.05) is 31.9 Å². The molecule has 8 heteroatoms. The van der Waals surface area contributed by atoms with Crippen LogP contribution in [-0.2, 0) is 10.0 Å². The third-order valence-electron chi connectivity index (χ3n) is 4.19. The van der Waals surface area contributed by atoms with Gasteiger partial charge in [0.05, 0.1) is 7.11 Å². The van der Waals surface area contributed by atoms with E-state index in [-0.39, 0.29) is 13.1 Å². The van der Waals surface area contributed by atoms with E-state index in [1.54, 1.807) is 7.11 Å². The maximum absolute atomic E-state index is 13.8.